The van der Waals surface area contributed by atoms with Crippen LogP contribution in [0.3, 0.4) is 0 Å². The molecule has 4 aromatic rings. The molecule has 11 heteroatoms. The van der Waals surface area contributed by atoms with Crippen molar-refractivity contribution in [2.75, 3.05) is 0 Å². The molecule has 0 unspecified atom stereocenters. The Labute approximate surface area is 172 Å². The molecule has 0 aliphatic heterocycles. The Hall–Kier alpha value is -5.75. The minimum absolute atomic E-state index is 0.00225. The molecule has 0 fully saturated rings. The Morgan fingerprint density at radius 1 is 0.452 bits per heavy atom. The normalized spacial score (nSPS) is 9.90. The van der Waals surface area contributed by atoms with Gasteiger partial charge < -0.3 is 0 Å². The third-order valence-electron chi connectivity index (χ3n) is 4.57. The van der Waals surface area contributed by atoms with Crippen LogP contribution in [0.15, 0.2) is 0 Å². The smallest absolute Gasteiger partial charge is 0.177 e. The Bertz CT molecular complexity index is 1700. The van der Waals surface area contributed by atoms with E-state index in [1.807, 2.05) is 12.1 Å². The summed E-state index contributed by atoms with van der Waals surface area (Å²) < 4.78 is 0. The van der Waals surface area contributed by atoms with E-state index < -0.39 is 0 Å². The van der Waals surface area contributed by atoms with Crippen molar-refractivity contribution in [2.24, 2.45) is 0 Å². The van der Waals surface area contributed by atoms with Gasteiger partial charge in [-0.3, -0.25) is 0 Å². The second-order valence-electron chi connectivity index (χ2n) is 6.09. The van der Waals surface area contributed by atoms with E-state index in [0.717, 1.165) is 0 Å². The molecule has 0 aliphatic carbocycles. The van der Waals surface area contributed by atoms with E-state index >= 15 is 0 Å². The lowest BCUT2D eigenvalue weighted by Gasteiger charge is -2.12. The van der Waals surface area contributed by atoms with Gasteiger partial charge in [0.15, 0.2) is 28.5 Å². The molecule has 0 amide bonds. The van der Waals surface area contributed by atoms with Crippen LogP contribution in [-0.4, -0.2) is 24.9 Å². The summed E-state index contributed by atoms with van der Waals surface area (Å²) in [5.74, 6) is 0. The summed E-state index contributed by atoms with van der Waals surface area (Å²) in [7, 11) is 0. The summed E-state index contributed by atoms with van der Waals surface area (Å²) in [6, 6.07) is 10.9. The molecule has 0 aliphatic rings. The lowest BCUT2D eigenvalue weighted by molar-refractivity contribution is 1.17. The first-order chi connectivity index (χ1) is 15.0. The van der Waals surface area contributed by atoms with Crippen LogP contribution in [0.5, 0.6) is 0 Å². The molecule has 11 nitrogen and oxygen atoms in total. The molecule has 3 heterocycles. The van der Waals surface area contributed by atoms with E-state index in [1.54, 1.807) is 31.2 Å². The minimum Gasteiger partial charge on any atom is -0.233 e. The highest BCUT2D eigenvalue weighted by Gasteiger charge is 2.24. The summed E-state index contributed by atoms with van der Waals surface area (Å²) in [5.41, 5.74) is -0.557. The number of hydrogen-bond donors (Lipinski definition) is 0. The van der Waals surface area contributed by atoms with E-state index in [9.17, 15) is 31.6 Å². The van der Waals surface area contributed by atoms with Gasteiger partial charge in [-0.15, -0.1) is 0 Å². The van der Waals surface area contributed by atoms with Crippen molar-refractivity contribution in [3.8, 4) is 36.4 Å². The predicted octanol–water partition coefficient (Wildman–Crippen LogP) is 1.66. The maximum absolute atomic E-state index is 9.53. The molecule has 0 N–H and O–H groups in total. The highest BCUT2D eigenvalue weighted by Crippen LogP contribution is 2.34. The summed E-state index contributed by atoms with van der Waals surface area (Å²) in [6.45, 7) is 1.57. The van der Waals surface area contributed by atoms with Crippen molar-refractivity contribution in [3.63, 3.8) is 0 Å². The fraction of sp³-hybridized carbons (Fsp3) is 0.0500. The van der Waals surface area contributed by atoms with Crippen LogP contribution in [0.1, 0.15) is 39.6 Å². The third kappa shape index (κ3) is 2.43. The SMILES string of the molecule is Cc1c(C#N)c(C#N)nc2c3nc(C#N)c(C#N)nc3c3nc(C#N)c(C#N)nc3c12. The Morgan fingerprint density at radius 3 is 1.13 bits per heavy atom. The zero-order chi connectivity index (χ0) is 22.3. The number of pyridine rings is 1. The fourth-order valence-electron chi connectivity index (χ4n) is 3.23. The van der Waals surface area contributed by atoms with Gasteiger partial charge in [0.05, 0.1) is 5.56 Å². The molecular formula is C20H3N11. The summed E-state index contributed by atoms with van der Waals surface area (Å²) in [6.07, 6.45) is 0. The highest BCUT2D eigenvalue weighted by atomic mass is 14.9. The first-order valence-electron chi connectivity index (χ1n) is 8.33. The maximum Gasteiger partial charge on any atom is 0.177 e. The van der Waals surface area contributed by atoms with Gasteiger partial charge in [0.2, 0.25) is 0 Å². The number of nitrogens with zero attached hydrogens (tertiary/aromatic N) is 11. The van der Waals surface area contributed by atoms with Gasteiger partial charge in [0.1, 0.15) is 64.0 Å². The van der Waals surface area contributed by atoms with Crippen LogP contribution in [0.2, 0.25) is 0 Å². The Kier molecular flexibility index (Phi) is 4.02. The van der Waals surface area contributed by atoms with Crippen molar-refractivity contribution >= 4 is 33.0 Å². The molecule has 0 atom stereocenters. The van der Waals surface area contributed by atoms with E-state index in [2.05, 4.69) is 24.9 Å². The van der Waals surface area contributed by atoms with E-state index in [4.69, 9.17) is 0 Å². The van der Waals surface area contributed by atoms with Gasteiger partial charge >= 0.3 is 0 Å². The molecule has 138 valence electrons. The Balaban J connectivity index is 2.47. The molecule has 3 aromatic heterocycles. The van der Waals surface area contributed by atoms with Gasteiger partial charge in [0.25, 0.3) is 0 Å². The van der Waals surface area contributed by atoms with E-state index in [1.165, 1.54) is 0 Å². The van der Waals surface area contributed by atoms with Crippen molar-refractivity contribution in [2.45, 2.75) is 6.92 Å². The van der Waals surface area contributed by atoms with Crippen molar-refractivity contribution < 1.29 is 0 Å². The quantitative estimate of drug-likeness (QED) is 0.389. The second kappa shape index (κ2) is 6.69. The monoisotopic (exact) mass is 397 g/mol. The lowest BCUT2D eigenvalue weighted by atomic mass is 9.99. The fourth-order valence-corrected chi connectivity index (χ4v) is 3.23. The first-order valence-corrected chi connectivity index (χ1v) is 8.33. The molecule has 0 bridgehead atoms. The average molecular weight is 397 g/mol. The highest BCUT2D eigenvalue weighted by molar-refractivity contribution is 6.20. The van der Waals surface area contributed by atoms with Gasteiger partial charge in [-0.1, -0.05) is 0 Å². The molecule has 0 radical (unpaired) electrons. The van der Waals surface area contributed by atoms with Gasteiger partial charge in [-0.25, -0.2) is 24.9 Å². The van der Waals surface area contributed by atoms with Crippen LogP contribution < -0.4 is 0 Å². The maximum atomic E-state index is 9.53. The van der Waals surface area contributed by atoms with Crippen LogP contribution in [-0.2, 0) is 0 Å². The van der Waals surface area contributed by atoms with E-state index in [-0.39, 0.29) is 67.0 Å². The second-order valence-corrected chi connectivity index (χ2v) is 6.09. The van der Waals surface area contributed by atoms with Crippen LogP contribution >= 0.6 is 0 Å². The van der Waals surface area contributed by atoms with Gasteiger partial charge in [0, 0.05) is 5.39 Å². The van der Waals surface area contributed by atoms with Crippen molar-refractivity contribution in [3.05, 3.63) is 39.6 Å². The predicted molar refractivity (Wildman–Crippen MR) is 101 cm³/mol. The van der Waals surface area contributed by atoms with Crippen LogP contribution in [0.4, 0.5) is 0 Å². The summed E-state index contributed by atoms with van der Waals surface area (Å²) in [4.78, 5) is 21.0. The third-order valence-corrected chi connectivity index (χ3v) is 4.57. The lowest BCUT2D eigenvalue weighted by Crippen LogP contribution is -2.05. The number of fused-ring (bicyclic) bond motifs is 6. The van der Waals surface area contributed by atoms with Gasteiger partial charge in [-0.05, 0) is 12.5 Å². The number of benzene rings is 1. The molecule has 0 saturated heterocycles. The molecule has 4 rings (SSSR count). The van der Waals surface area contributed by atoms with Crippen molar-refractivity contribution in [1.82, 2.24) is 24.9 Å². The molecule has 0 saturated carbocycles. The number of nitriles is 6. The average Bonchev–Trinajstić information content (AvgIpc) is 2.81. The molecule has 31 heavy (non-hydrogen) atoms. The topological polar surface area (TPSA) is 207 Å². The standard InChI is InChI=1S/C20H3N11/c1-8-9(2-21)10(3-22)27-16-15(8)17-19(29-12(5-24)11(4-23)28-17)20-18(16)30-13(6-25)14(7-26)31-20/h1H3. The van der Waals surface area contributed by atoms with Crippen LogP contribution in [0.25, 0.3) is 33.0 Å². The summed E-state index contributed by atoms with van der Waals surface area (Å²) >= 11 is 0. The Morgan fingerprint density at radius 2 is 0.774 bits per heavy atom. The van der Waals surface area contributed by atoms with Crippen LogP contribution in [0, 0.1) is 74.9 Å². The number of hydrogen-bond acceptors (Lipinski definition) is 11. The number of aryl methyl sites for hydroxylation is 1. The zero-order valence-corrected chi connectivity index (χ0v) is 15.4. The summed E-state index contributed by atoms with van der Waals surface area (Å²) in [5, 5.41) is 56.7. The first kappa shape index (κ1) is 18.6. The number of aromatic nitrogens is 5. The molecule has 1 aromatic carbocycles. The molecule has 0 spiro atoms. The van der Waals surface area contributed by atoms with Crippen molar-refractivity contribution in [1.29, 1.82) is 31.6 Å². The van der Waals surface area contributed by atoms with E-state index in [0.29, 0.717) is 5.56 Å². The number of rotatable bonds is 0. The minimum atomic E-state index is -0.272. The zero-order valence-electron chi connectivity index (χ0n) is 15.4. The van der Waals surface area contributed by atoms with Gasteiger partial charge in [-0.2, -0.15) is 31.6 Å². The largest absolute Gasteiger partial charge is 0.233 e. The molecular weight excluding hydrogens is 394 g/mol.